The molecule has 0 spiro atoms. The van der Waals surface area contributed by atoms with E-state index in [9.17, 15) is 9.90 Å². The second kappa shape index (κ2) is 6.73. The van der Waals surface area contributed by atoms with Crippen LogP contribution in [-0.2, 0) is 14.6 Å². The number of nitrogens with two attached hydrogens (primary N) is 1. The van der Waals surface area contributed by atoms with Gasteiger partial charge >= 0.3 is 35.5 Å². The van der Waals surface area contributed by atoms with Crippen LogP contribution in [0.4, 0.5) is 0 Å². The minimum atomic E-state index is -0.898. The summed E-state index contributed by atoms with van der Waals surface area (Å²) in [6.45, 7) is 1.10. The molecule has 52 valence electrons. The van der Waals surface area contributed by atoms with Gasteiger partial charge in [0.25, 0.3) is 0 Å². The molecule has 0 aromatic heterocycles. The maximum absolute atomic E-state index is 10.0. The van der Waals surface area contributed by atoms with Crippen LogP contribution in [0.15, 0.2) is 12.1 Å². The van der Waals surface area contributed by atoms with E-state index in [0.29, 0.717) is 6.20 Å². The van der Waals surface area contributed by atoms with Crippen LogP contribution in [-0.4, -0.2) is 5.97 Å². The van der Waals surface area contributed by atoms with Gasteiger partial charge in [-0.25, -0.2) is 0 Å². The largest absolute Gasteiger partial charge is 1.00 e. The van der Waals surface area contributed by atoms with Crippen molar-refractivity contribution in [3.8, 4) is 0 Å². The summed E-state index contributed by atoms with van der Waals surface area (Å²) in [4.78, 5) is 17.5. The molecule has 5 nitrogen and oxygen atoms in total. The van der Waals surface area contributed by atoms with Crippen LogP contribution in [0.25, 0.3) is 0 Å². The number of hydrogen-bond donors (Lipinski definition) is 1. The SMILES string of the molecule is CC(=O)OO/C([O-])=C\N.[Na+]. The molecule has 0 aliphatic heterocycles. The zero-order valence-corrected chi connectivity index (χ0v) is 7.79. The van der Waals surface area contributed by atoms with Crippen LogP contribution >= 0.6 is 0 Å². The van der Waals surface area contributed by atoms with Crippen molar-refractivity contribution < 1.29 is 49.2 Å². The zero-order valence-electron chi connectivity index (χ0n) is 5.79. The van der Waals surface area contributed by atoms with Gasteiger partial charge in [0.05, 0.1) is 0 Å². The van der Waals surface area contributed by atoms with E-state index in [1.807, 2.05) is 0 Å². The zero-order chi connectivity index (χ0) is 7.28. The van der Waals surface area contributed by atoms with Crippen molar-refractivity contribution in [2.75, 3.05) is 0 Å². The van der Waals surface area contributed by atoms with Gasteiger partial charge in [-0.05, 0) is 0 Å². The van der Waals surface area contributed by atoms with Crippen molar-refractivity contribution in [2.45, 2.75) is 6.92 Å². The first-order valence-electron chi connectivity index (χ1n) is 2.11. The Morgan fingerprint density at radius 2 is 2.10 bits per heavy atom. The summed E-state index contributed by atoms with van der Waals surface area (Å²) in [5, 5.41) is 10.0. The molecule has 10 heavy (non-hydrogen) atoms. The third-order valence-corrected chi connectivity index (χ3v) is 0.377. The Bertz CT molecular complexity index is 135. The van der Waals surface area contributed by atoms with Crippen LogP contribution in [0.3, 0.4) is 0 Å². The van der Waals surface area contributed by atoms with E-state index in [2.05, 4.69) is 15.5 Å². The Morgan fingerprint density at radius 1 is 1.60 bits per heavy atom. The Morgan fingerprint density at radius 3 is 2.40 bits per heavy atom. The Balaban J connectivity index is 0. The fourth-order valence-corrected chi connectivity index (χ4v) is 0.128. The molecule has 0 radical (unpaired) electrons. The minimum Gasteiger partial charge on any atom is -0.542 e. The van der Waals surface area contributed by atoms with Gasteiger partial charge in [-0.1, -0.05) is 0 Å². The van der Waals surface area contributed by atoms with Crippen LogP contribution < -0.4 is 40.4 Å². The third kappa shape index (κ3) is 7.61. The van der Waals surface area contributed by atoms with Crippen molar-refractivity contribution in [3.05, 3.63) is 12.1 Å². The van der Waals surface area contributed by atoms with Crippen molar-refractivity contribution in [2.24, 2.45) is 5.73 Å². The molecular formula is C4H6NNaO4. The number of hydrogen-bond acceptors (Lipinski definition) is 5. The summed E-state index contributed by atoms with van der Waals surface area (Å²) in [7, 11) is 0. The van der Waals surface area contributed by atoms with Gasteiger partial charge in [-0.15, -0.1) is 0 Å². The molecule has 0 aliphatic carbocycles. The molecule has 0 bridgehead atoms. The molecule has 0 saturated heterocycles. The summed E-state index contributed by atoms with van der Waals surface area (Å²) < 4.78 is 0. The Kier molecular flexibility index (Phi) is 8.27. The van der Waals surface area contributed by atoms with Crippen molar-refractivity contribution in [3.63, 3.8) is 0 Å². The first-order valence-corrected chi connectivity index (χ1v) is 2.11. The summed E-state index contributed by atoms with van der Waals surface area (Å²) in [5.41, 5.74) is 4.67. The summed E-state index contributed by atoms with van der Waals surface area (Å²) in [6, 6.07) is 0. The molecule has 6 heteroatoms. The molecule has 2 N–H and O–H groups in total. The van der Waals surface area contributed by atoms with Crippen LogP contribution in [0.2, 0.25) is 0 Å². The number of carbonyl (C=O) groups is 1. The third-order valence-electron chi connectivity index (χ3n) is 0.377. The molecule has 0 atom stereocenters. The van der Waals surface area contributed by atoms with E-state index in [1.54, 1.807) is 0 Å². The monoisotopic (exact) mass is 155 g/mol. The molecule has 0 aliphatic rings. The van der Waals surface area contributed by atoms with Gasteiger partial charge in [0.15, 0.2) is 0 Å². The maximum atomic E-state index is 10.0. The van der Waals surface area contributed by atoms with Gasteiger partial charge in [0, 0.05) is 13.1 Å². The normalized spacial score (nSPS) is 9.50. The van der Waals surface area contributed by atoms with Crippen molar-refractivity contribution >= 4 is 5.97 Å². The fourth-order valence-electron chi connectivity index (χ4n) is 0.128. The van der Waals surface area contributed by atoms with E-state index in [4.69, 9.17) is 0 Å². The van der Waals surface area contributed by atoms with Gasteiger partial charge in [-0.2, -0.15) is 0 Å². The van der Waals surface area contributed by atoms with E-state index in [-0.39, 0.29) is 29.6 Å². The molecule has 0 aromatic rings. The number of carbonyl (C=O) groups excluding carboxylic acids is 1. The molecule has 0 rings (SSSR count). The Hall–Kier alpha value is -0.390. The van der Waals surface area contributed by atoms with Crippen LogP contribution in [0.5, 0.6) is 0 Å². The van der Waals surface area contributed by atoms with Gasteiger partial charge < -0.3 is 20.6 Å². The first-order chi connectivity index (χ1) is 4.16. The number of rotatable bonds is 2. The van der Waals surface area contributed by atoms with Gasteiger partial charge in [-0.3, -0.25) is 4.79 Å². The molecule has 0 aromatic carbocycles. The topological polar surface area (TPSA) is 84.6 Å². The molecule has 0 unspecified atom stereocenters. The standard InChI is InChI=1S/C4H7NO4.Na/c1-3(6)8-9-4(7)2-5;/h2,7H,5H2,1H3;/q;+1/p-1/b4-2-;. The second-order valence-corrected chi connectivity index (χ2v) is 1.14. The summed E-state index contributed by atoms with van der Waals surface area (Å²) >= 11 is 0. The van der Waals surface area contributed by atoms with Gasteiger partial charge in [0.2, 0.25) is 0 Å². The minimum absolute atomic E-state index is 0. The quantitative estimate of drug-likeness (QED) is 0.188. The van der Waals surface area contributed by atoms with E-state index in [0.717, 1.165) is 6.92 Å². The van der Waals surface area contributed by atoms with E-state index in [1.165, 1.54) is 0 Å². The molecule has 0 amide bonds. The van der Waals surface area contributed by atoms with Gasteiger partial charge in [0.1, 0.15) is 5.95 Å². The van der Waals surface area contributed by atoms with E-state index < -0.39 is 11.9 Å². The fraction of sp³-hybridized carbons (Fsp3) is 0.250. The molecule has 0 saturated carbocycles. The van der Waals surface area contributed by atoms with E-state index >= 15 is 0 Å². The summed E-state index contributed by atoms with van der Waals surface area (Å²) in [6.07, 6.45) is 0.642. The van der Waals surface area contributed by atoms with Crippen molar-refractivity contribution in [1.82, 2.24) is 0 Å². The maximum Gasteiger partial charge on any atom is 1.00 e. The first kappa shape index (κ1) is 12.3. The predicted molar refractivity (Wildman–Crippen MR) is 25.1 cm³/mol. The smallest absolute Gasteiger partial charge is 0.542 e. The summed E-state index contributed by atoms with van der Waals surface area (Å²) in [5.74, 6) is -1.60. The molecule has 0 heterocycles. The van der Waals surface area contributed by atoms with Crippen LogP contribution in [0.1, 0.15) is 6.92 Å². The average molecular weight is 155 g/mol. The average Bonchev–Trinajstić information content (AvgIpc) is 1.83. The second-order valence-electron chi connectivity index (χ2n) is 1.14. The Labute approximate surface area is 80.0 Å². The van der Waals surface area contributed by atoms with Crippen LogP contribution in [0, 0.1) is 0 Å². The molecular weight excluding hydrogens is 149 g/mol. The predicted octanol–water partition coefficient (Wildman–Crippen LogP) is -4.40. The molecule has 0 fully saturated rings. The van der Waals surface area contributed by atoms with Crippen molar-refractivity contribution in [1.29, 1.82) is 0 Å².